The highest BCUT2D eigenvalue weighted by molar-refractivity contribution is 5.96. The van der Waals surface area contributed by atoms with E-state index in [9.17, 15) is 9.59 Å². The SMILES string of the molecule is Cc1cc(C)c(NC(=O)CN(C)C(=O)Cc2ccc3ccccc3c2)c(C)c1. The fourth-order valence-corrected chi connectivity index (χ4v) is 3.52. The maximum absolute atomic E-state index is 12.6. The molecular weight excluding hydrogens is 348 g/mol. The van der Waals surface area contributed by atoms with Crippen molar-refractivity contribution in [2.75, 3.05) is 18.9 Å². The van der Waals surface area contributed by atoms with Gasteiger partial charge in [0.25, 0.3) is 0 Å². The lowest BCUT2D eigenvalue weighted by Gasteiger charge is -2.18. The van der Waals surface area contributed by atoms with Gasteiger partial charge in [-0.1, -0.05) is 60.2 Å². The summed E-state index contributed by atoms with van der Waals surface area (Å²) in [6.07, 6.45) is 0.275. The molecule has 0 aliphatic carbocycles. The van der Waals surface area contributed by atoms with E-state index in [0.29, 0.717) is 0 Å². The third kappa shape index (κ3) is 4.58. The highest BCUT2D eigenvalue weighted by Crippen LogP contribution is 2.22. The van der Waals surface area contributed by atoms with E-state index in [4.69, 9.17) is 0 Å². The fourth-order valence-electron chi connectivity index (χ4n) is 3.52. The van der Waals surface area contributed by atoms with Crippen LogP contribution in [0.15, 0.2) is 54.6 Å². The van der Waals surface area contributed by atoms with Gasteiger partial charge in [-0.25, -0.2) is 0 Å². The quantitative estimate of drug-likeness (QED) is 0.719. The Balaban J connectivity index is 1.62. The van der Waals surface area contributed by atoms with Gasteiger partial charge in [0.05, 0.1) is 13.0 Å². The second-order valence-electron chi connectivity index (χ2n) is 7.43. The van der Waals surface area contributed by atoms with E-state index in [0.717, 1.165) is 38.7 Å². The number of carbonyl (C=O) groups is 2. The van der Waals surface area contributed by atoms with Gasteiger partial charge >= 0.3 is 0 Å². The molecule has 144 valence electrons. The van der Waals surface area contributed by atoms with E-state index in [1.54, 1.807) is 7.05 Å². The van der Waals surface area contributed by atoms with Gasteiger partial charge in [0, 0.05) is 12.7 Å². The molecule has 0 fully saturated rings. The van der Waals surface area contributed by atoms with Gasteiger partial charge < -0.3 is 10.2 Å². The second-order valence-corrected chi connectivity index (χ2v) is 7.43. The van der Waals surface area contributed by atoms with Gasteiger partial charge in [-0.05, 0) is 48.2 Å². The first-order chi connectivity index (χ1) is 13.3. The first-order valence-corrected chi connectivity index (χ1v) is 9.43. The molecule has 0 spiro atoms. The Kier molecular flexibility index (Phi) is 5.78. The topological polar surface area (TPSA) is 49.4 Å². The molecule has 3 aromatic carbocycles. The average molecular weight is 374 g/mol. The number of amides is 2. The lowest BCUT2D eigenvalue weighted by molar-refractivity contribution is -0.132. The smallest absolute Gasteiger partial charge is 0.243 e. The van der Waals surface area contributed by atoms with Crippen molar-refractivity contribution >= 4 is 28.3 Å². The van der Waals surface area contributed by atoms with Crippen LogP contribution in [0.5, 0.6) is 0 Å². The molecule has 1 N–H and O–H groups in total. The molecule has 4 nitrogen and oxygen atoms in total. The summed E-state index contributed by atoms with van der Waals surface area (Å²) in [5.41, 5.74) is 4.98. The Bertz CT molecular complexity index is 1020. The van der Waals surface area contributed by atoms with Crippen molar-refractivity contribution in [1.29, 1.82) is 0 Å². The zero-order valence-electron chi connectivity index (χ0n) is 16.9. The van der Waals surface area contributed by atoms with Crippen molar-refractivity contribution in [2.45, 2.75) is 27.2 Å². The van der Waals surface area contributed by atoms with Crippen LogP contribution in [0.1, 0.15) is 22.3 Å². The maximum atomic E-state index is 12.6. The van der Waals surface area contributed by atoms with Crippen LogP contribution in [-0.4, -0.2) is 30.3 Å². The number of fused-ring (bicyclic) bond motifs is 1. The predicted octanol–water partition coefficient (Wildman–Crippen LogP) is 4.40. The standard InChI is InChI=1S/C24H26N2O2/c1-16-11-17(2)24(18(3)12-16)25-22(27)15-26(4)23(28)14-19-9-10-20-7-5-6-8-21(20)13-19/h5-13H,14-15H2,1-4H3,(H,25,27). The first kappa shape index (κ1) is 19.6. The molecule has 3 aromatic rings. The summed E-state index contributed by atoms with van der Waals surface area (Å²) < 4.78 is 0. The van der Waals surface area contributed by atoms with Crippen molar-refractivity contribution in [3.8, 4) is 0 Å². The number of hydrogen-bond donors (Lipinski definition) is 1. The average Bonchev–Trinajstić information content (AvgIpc) is 2.64. The van der Waals surface area contributed by atoms with Crippen molar-refractivity contribution in [3.63, 3.8) is 0 Å². The molecule has 3 rings (SSSR count). The van der Waals surface area contributed by atoms with Gasteiger partial charge in [0.15, 0.2) is 0 Å². The minimum absolute atomic E-state index is 0.0270. The van der Waals surface area contributed by atoms with E-state index in [2.05, 4.69) is 5.32 Å². The van der Waals surface area contributed by atoms with Crippen molar-refractivity contribution < 1.29 is 9.59 Å². The van der Waals surface area contributed by atoms with Crippen LogP contribution in [0.2, 0.25) is 0 Å². The molecule has 0 saturated heterocycles. The van der Waals surface area contributed by atoms with E-state index in [-0.39, 0.29) is 24.8 Å². The molecule has 0 saturated carbocycles. The van der Waals surface area contributed by atoms with Gasteiger partial charge in [-0.2, -0.15) is 0 Å². The van der Waals surface area contributed by atoms with Crippen LogP contribution in [0.4, 0.5) is 5.69 Å². The van der Waals surface area contributed by atoms with Crippen LogP contribution >= 0.6 is 0 Å². The van der Waals surface area contributed by atoms with Gasteiger partial charge in [-0.3, -0.25) is 9.59 Å². The Morgan fingerprint density at radius 1 is 0.893 bits per heavy atom. The molecule has 2 amide bonds. The van der Waals surface area contributed by atoms with Crippen LogP contribution in [0, 0.1) is 20.8 Å². The number of hydrogen-bond acceptors (Lipinski definition) is 2. The molecule has 28 heavy (non-hydrogen) atoms. The molecule has 0 radical (unpaired) electrons. The highest BCUT2D eigenvalue weighted by Gasteiger charge is 2.15. The molecule has 0 aliphatic rings. The summed E-state index contributed by atoms with van der Waals surface area (Å²) in [5.74, 6) is -0.271. The molecule has 0 bridgehead atoms. The van der Waals surface area contributed by atoms with Crippen molar-refractivity contribution in [2.24, 2.45) is 0 Å². The monoisotopic (exact) mass is 374 g/mol. The summed E-state index contributed by atoms with van der Waals surface area (Å²) in [6.45, 7) is 6.01. The van der Waals surface area contributed by atoms with E-state index < -0.39 is 0 Å². The lowest BCUT2D eigenvalue weighted by Crippen LogP contribution is -2.36. The Morgan fingerprint density at radius 3 is 2.21 bits per heavy atom. The minimum Gasteiger partial charge on any atom is -0.336 e. The number of aryl methyl sites for hydroxylation is 3. The number of carbonyl (C=O) groups excluding carboxylic acids is 2. The summed E-state index contributed by atoms with van der Waals surface area (Å²) in [4.78, 5) is 26.5. The Hall–Kier alpha value is -3.14. The Morgan fingerprint density at radius 2 is 1.54 bits per heavy atom. The van der Waals surface area contributed by atoms with Crippen molar-refractivity contribution in [3.05, 3.63) is 76.9 Å². The summed E-state index contributed by atoms with van der Waals surface area (Å²) >= 11 is 0. The molecule has 4 heteroatoms. The van der Waals surface area contributed by atoms with Crippen molar-refractivity contribution in [1.82, 2.24) is 4.90 Å². The zero-order valence-corrected chi connectivity index (χ0v) is 16.9. The number of benzene rings is 3. The van der Waals surface area contributed by atoms with E-state index >= 15 is 0 Å². The summed E-state index contributed by atoms with van der Waals surface area (Å²) in [7, 11) is 1.66. The Labute approximate surface area is 166 Å². The summed E-state index contributed by atoms with van der Waals surface area (Å²) in [6, 6.07) is 18.2. The number of nitrogens with one attached hydrogen (secondary N) is 1. The number of likely N-dealkylation sites (N-methyl/N-ethyl adjacent to an activating group) is 1. The van der Waals surface area contributed by atoms with Crippen LogP contribution in [0.3, 0.4) is 0 Å². The normalized spacial score (nSPS) is 10.7. The van der Waals surface area contributed by atoms with Gasteiger partial charge in [0.1, 0.15) is 0 Å². The molecule has 0 heterocycles. The summed E-state index contributed by atoms with van der Waals surface area (Å²) in [5, 5.41) is 5.20. The minimum atomic E-state index is -0.190. The van der Waals surface area contributed by atoms with Crippen LogP contribution < -0.4 is 5.32 Å². The third-order valence-corrected chi connectivity index (χ3v) is 4.92. The zero-order chi connectivity index (χ0) is 20.3. The van der Waals surface area contributed by atoms with Crippen LogP contribution in [0.25, 0.3) is 10.8 Å². The predicted molar refractivity (Wildman–Crippen MR) is 115 cm³/mol. The molecule has 0 atom stereocenters. The number of rotatable bonds is 5. The van der Waals surface area contributed by atoms with E-state index in [1.807, 2.05) is 75.4 Å². The number of anilines is 1. The van der Waals surface area contributed by atoms with E-state index in [1.165, 1.54) is 4.90 Å². The third-order valence-electron chi connectivity index (χ3n) is 4.92. The molecule has 0 aromatic heterocycles. The van der Waals surface area contributed by atoms with Gasteiger partial charge in [0.2, 0.25) is 11.8 Å². The highest BCUT2D eigenvalue weighted by atomic mass is 16.2. The number of nitrogens with zero attached hydrogens (tertiary/aromatic N) is 1. The first-order valence-electron chi connectivity index (χ1n) is 9.43. The molecular formula is C24H26N2O2. The largest absolute Gasteiger partial charge is 0.336 e. The second kappa shape index (κ2) is 8.26. The molecule has 0 unspecified atom stereocenters. The van der Waals surface area contributed by atoms with Crippen LogP contribution in [-0.2, 0) is 16.0 Å². The fraction of sp³-hybridized carbons (Fsp3) is 0.250. The lowest BCUT2D eigenvalue weighted by atomic mass is 10.0. The molecule has 0 aliphatic heterocycles. The van der Waals surface area contributed by atoms with Gasteiger partial charge in [-0.15, -0.1) is 0 Å². The maximum Gasteiger partial charge on any atom is 0.243 e.